The molecule has 0 bridgehead atoms. The van der Waals surface area contributed by atoms with Gasteiger partial charge in [0, 0.05) is 10.7 Å². The highest BCUT2D eigenvalue weighted by molar-refractivity contribution is 9.10. The van der Waals surface area contributed by atoms with Crippen molar-refractivity contribution in [3.63, 3.8) is 0 Å². The molecule has 1 saturated carbocycles. The van der Waals surface area contributed by atoms with Gasteiger partial charge >= 0.3 is 0 Å². The van der Waals surface area contributed by atoms with E-state index in [-0.39, 0.29) is 0 Å². The predicted octanol–water partition coefficient (Wildman–Crippen LogP) is 4.46. The summed E-state index contributed by atoms with van der Waals surface area (Å²) in [5.74, 6) is 1.23. The van der Waals surface area contributed by atoms with Gasteiger partial charge < -0.3 is 4.74 Å². The molecule has 1 fully saturated rings. The van der Waals surface area contributed by atoms with E-state index in [0.717, 1.165) is 11.1 Å². The van der Waals surface area contributed by atoms with E-state index in [4.69, 9.17) is 16.3 Å². The van der Waals surface area contributed by atoms with E-state index in [1.54, 1.807) is 6.20 Å². The molecule has 0 unspecified atom stereocenters. The Balaban J connectivity index is 1.88. The highest BCUT2D eigenvalue weighted by atomic mass is 79.9. The van der Waals surface area contributed by atoms with E-state index in [0.29, 0.717) is 16.8 Å². The molecule has 2 rings (SSSR count). The first-order valence-corrected chi connectivity index (χ1v) is 6.86. The van der Waals surface area contributed by atoms with Gasteiger partial charge in [-0.25, -0.2) is 4.98 Å². The highest BCUT2D eigenvalue weighted by Crippen LogP contribution is 2.28. The van der Waals surface area contributed by atoms with Crippen molar-refractivity contribution < 1.29 is 4.74 Å². The summed E-state index contributed by atoms with van der Waals surface area (Å²) in [6, 6.07) is 1.81. The second-order valence-electron chi connectivity index (χ2n) is 4.26. The normalized spacial score (nSPS) is 17.4. The van der Waals surface area contributed by atoms with E-state index in [1.165, 1.54) is 32.1 Å². The molecule has 1 aliphatic carbocycles. The minimum Gasteiger partial charge on any atom is -0.476 e. The number of halogens is 2. The van der Waals surface area contributed by atoms with Crippen molar-refractivity contribution in [1.29, 1.82) is 0 Å². The molecular formula is C12H15BrClNO. The van der Waals surface area contributed by atoms with Crippen molar-refractivity contribution in [2.45, 2.75) is 32.1 Å². The third kappa shape index (κ3) is 3.36. The van der Waals surface area contributed by atoms with Gasteiger partial charge in [0.05, 0.1) is 6.61 Å². The van der Waals surface area contributed by atoms with E-state index >= 15 is 0 Å². The molecule has 1 heterocycles. The minimum absolute atomic E-state index is 0.551. The van der Waals surface area contributed by atoms with Crippen molar-refractivity contribution in [3.05, 3.63) is 21.8 Å². The number of hydrogen-bond acceptors (Lipinski definition) is 2. The van der Waals surface area contributed by atoms with Crippen LogP contribution in [0.2, 0.25) is 5.02 Å². The first-order valence-electron chi connectivity index (χ1n) is 5.69. The van der Waals surface area contributed by atoms with E-state index < -0.39 is 0 Å². The fourth-order valence-corrected chi connectivity index (χ4v) is 2.74. The maximum absolute atomic E-state index is 6.03. The van der Waals surface area contributed by atoms with Crippen LogP contribution in [0.15, 0.2) is 16.7 Å². The number of ether oxygens (including phenoxy) is 1. The molecule has 0 atom stereocenters. The van der Waals surface area contributed by atoms with Gasteiger partial charge in [0.25, 0.3) is 0 Å². The quantitative estimate of drug-likeness (QED) is 0.822. The molecule has 1 aliphatic rings. The van der Waals surface area contributed by atoms with Crippen molar-refractivity contribution in [1.82, 2.24) is 4.98 Å². The Kier molecular flexibility index (Phi) is 4.47. The molecule has 2 nitrogen and oxygen atoms in total. The molecule has 0 saturated heterocycles. The van der Waals surface area contributed by atoms with Crippen molar-refractivity contribution in [3.8, 4) is 5.88 Å². The Morgan fingerprint density at radius 2 is 2.12 bits per heavy atom. The topological polar surface area (TPSA) is 22.1 Å². The average Bonchev–Trinajstić information content (AvgIpc) is 2.29. The number of nitrogens with zero attached hydrogens (tertiary/aromatic N) is 1. The second kappa shape index (κ2) is 5.87. The van der Waals surface area contributed by atoms with Crippen LogP contribution in [0.25, 0.3) is 0 Å². The number of aromatic nitrogens is 1. The van der Waals surface area contributed by atoms with Crippen molar-refractivity contribution >= 4 is 27.5 Å². The minimum atomic E-state index is 0.551. The molecule has 0 radical (unpaired) electrons. The van der Waals surface area contributed by atoms with Gasteiger partial charge in [-0.15, -0.1) is 0 Å². The first kappa shape index (κ1) is 12.2. The Bertz CT molecular complexity index is 353. The van der Waals surface area contributed by atoms with Crippen LogP contribution in [0.4, 0.5) is 0 Å². The Hall–Kier alpha value is -0.280. The summed E-state index contributed by atoms with van der Waals surface area (Å²) in [5, 5.41) is 0.574. The zero-order valence-electron chi connectivity index (χ0n) is 9.09. The fraction of sp³-hybridized carbons (Fsp3) is 0.583. The van der Waals surface area contributed by atoms with E-state index in [2.05, 4.69) is 20.9 Å². The van der Waals surface area contributed by atoms with Gasteiger partial charge in [-0.1, -0.05) is 30.9 Å². The SMILES string of the molecule is Clc1cc(Br)cnc1OCC1CCCCC1. The van der Waals surface area contributed by atoms with Gasteiger partial charge in [0.1, 0.15) is 5.02 Å². The fourth-order valence-electron chi connectivity index (χ4n) is 2.06. The smallest absolute Gasteiger partial charge is 0.232 e. The summed E-state index contributed by atoms with van der Waals surface area (Å²) < 4.78 is 6.54. The average molecular weight is 305 g/mol. The second-order valence-corrected chi connectivity index (χ2v) is 5.58. The van der Waals surface area contributed by atoms with Crippen LogP contribution in [0.5, 0.6) is 5.88 Å². The summed E-state index contributed by atoms with van der Waals surface area (Å²) in [4.78, 5) is 4.16. The molecule has 0 aliphatic heterocycles. The van der Waals surface area contributed by atoms with Gasteiger partial charge in [-0.05, 0) is 40.8 Å². The predicted molar refractivity (Wildman–Crippen MR) is 69.0 cm³/mol. The molecule has 1 aromatic heterocycles. The van der Waals surface area contributed by atoms with Crippen LogP contribution in [-0.2, 0) is 0 Å². The lowest BCUT2D eigenvalue weighted by atomic mass is 9.90. The van der Waals surface area contributed by atoms with Crippen LogP contribution < -0.4 is 4.74 Å². The highest BCUT2D eigenvalue weighted by Gasteiger charge is 2.15. The zero-order valence-corrected chi connectivity index (χ0v) is 11.4. The third-order valence-electron chi connectivity index (χ3n) is 2.95. The Morgan fingerprint density at radius 3 is 2.81 bits per heavy atom. The summed E-state index contributed by atoms with van der Waals surface area (Å²) in [6.45, 7) is 0.744. The molecule has 0 aromatic carbocycles. The van der Waals surface area contributed by atoms with Gasteiger partial charge in [0.15, 0.2) is 0 Å². The number of rotatable bonds is 3. The Labute approximate surface area is 109 Å². The van der Waals surface area contributed by atoms with Crippen molar-refractivity contribution in [2.24, 2.45) is 5.92 Å². The van der Waals surface area contributed by atoms with Gasteiger partial charge in [-0.2, -0.15) is 0 Å². The van der Waals surface area contributed by atoms with E-state index in [9.17, 15) is 0 Å². The van der Waals surface area contributed by atoms with Gasteiger partial charge in [0.2, 0.25) is 5.88 Å². The maximum atomic E-state index is 6.03. The lowest BCUT2D eigenvalue weighted by molar-refractivity contribution is 0.203. The lowest BCUT2D eigenvalue weighted by Gasteiger charge is -2.21. The summed E-state index contributed by atoms with van der Waals surface area (Å²) in [7, 11) is 0. The van der Waals surface area contributed by atoms with Crippen LogP contribution in [-0.4, -0.2) is 11.6 Å². The first-order chi connectivity index (χ1) is 7.75. The molecule has 16 heavy (non-hydrogen) atoms. The van der Waals surface area contributed by atoms with E-state index in [1.807, 2.05) is 6.07 Å². The molecule has 0 spiro atoms. The van der Waals surface area contributed by atoms with Gasteiger partial charge in [-0.3, -0.25) is 0 Å². The number of pyridine rings is 1. The van der Waals surface area contributed by atoms with Crippen LogP contribution in [0.3, 0.4) is 0 Å². The molecule has 1 aromatic rings. The van der Waals surface area contributed by atoms with Crippen LogP contribution in [0.1, 0.15) is 32.1 Å². The Morgan fingerprint density at radius 1 is 1.38 bits per heavy atom. The molecule has 0 amide bonds. The largest absolute Gasteiger partial charge is 0.476 e. The van der Waals surface area contributed by atoms with Crippen LogP contribution >= 0.6 is 27.5 Å². The molecule has 4 heteroatoms. The summed E-state index contributed by atoms with van der Waals surface area (Å²) in [5.41, 5.74) is 0. The monoisotopic (exact) mass is 303 g/mol. The molecule has 0 N–H and O–H groups in total. The zero-order chi connectivity index (χ0) is 11.4. The maximum Gasteiger partial charge on any atom is 0.232 e. The lowest BCUT2D eigenvalue weighted by Crippen LogP contribution is -2.15. The molecular weight excluding hydrogens is 289 g/mol. The summed E-state index contributed by atoms with van der Waals surface area (Å²) in [6.07, 6.45) is 8.28. The van der Waals surface area contributed by atoms with Crippen molar-refractivity contribution in [2.75, 3.05) is 6.61 Å². The summed E-state index contributed by atoms with van der Waals surface area (Å²) >= 11 is 9.35. The molecule has 88 valence electrons. The standard InChI is InChI=1S/C12H15BrClNO/c13-10-6-11(14)12(15-7-10)16-8-9-4-2-1-3-5-9/h6-7,9H,1-5,8H2. The third-order valence-corrected chi connectivity index (χ3v) is 3.66. The number of hydrogen-bond donors (Lipinski definition) is 0. The van der Waals surface area contributed by atoms with Crippen LogP contribution in [0, 0.1) is 5.92 Å².